The maximum Gasteiger partial charge on any atom is 0.253 e. The molecule has 0 heterocycles. The molecule has 0 aliphatic heterocycles. The summed E-state index contributed by atoms with van der Waals surface area (Å²) >= 11 is 5.76. The van der Waals surface area contributed by atoms with E-state index in [0.29, 0.717) is 12.0 Å². The van der Waals surface area contributed by atoms with Crippen LogP contribution in [-0.4, -0.2) is 19.9 Å². The van der Waals surface area contributed by atoms with E-state index in [2.05, 4.69) is 5.32 Å². The van der Waals surface area contributed by atoms with Gasteiger partial charge in [0.25, 0.3) is 5.91 Å². The summed E-state index contributed by atoms with van der Waals surface area (Å²) in [5, 5.41) is 7.29. The Balaban J connectivity index is 2.38. The smallest absolute Gasteiger partial charge is 0.253 e. The van der Waals surface area contributed by atoms with Crippen molar-refractivity contribution < 1.29 is 17.6 Å². The van der Waals surface area contributed by atoms with Gasteiger partial charge in [-0.1, -0.05) is 11.6 Å². The number of carbonyl (C=O) groups is 1. The normalized spacial score (nSPS) is 15.9. The topological polar surface area (TPSA) is 89.3 Å². The van der Waals surface area contributed by atoms with Gasteiger partial charge in [-0.05, 0) is 44.7 Å². The fourth-order valence-corrected chi connectivity index (χ4v) is 2.91. The van der Waals surface area contributed by atoms with Gasteiger partial charge in [-0.15, -0.1) is 0 Å². The number of halogens is 2. The van der Waals surface area contributed by atoms with Crippen LogP contribution >= 0.6 is 11.6 Å². The number of hydrogen-bond donors (Lipinski definition) is 2. The van der Waals surface area contributed by atoms with E-state index in [1.54, 1.807) is 0 Å². The number of nitrogens with one attached hydrogen (secondary N) is 1. The first kappa shape index (κ1) is 16.2. The highest BCUT2D eigenvalue weighted by atomic mass is 35.5. The van der Waals surface area contributed by atoms with Crippen LogP contribution in [0.3, 0.4) is 0 Å². The van der Waals surface area contributed by atoms with Gasteiger partial charge in [0.1, 0.15) is 5.82 Å². The number of amides is 1. The molecule has 0 spiro atoms. The standard InChI is InChI=1S/C13H16ClFN2O3S/c1-13(2,7-3-4-7)17-12(18)9-5-8(21(16,19)20)6-10(15)11(9)14/h5-7H,3-4H2,1-2H3,(H,17,18)(H2,16,19,20). The second-order valence-electron chi connectivity index (χ2n) is 5.76. The highest BCUT2D eigenvalue weighted by molar-refractivity contribution is 7.89. The average Bonchev–Trinajstić information content (AvgIpc) is 3.14. The molecule has 5 nitrogen and oxygen atoms in total. The molecule has 0 saturated heterocycles. The van der Waals surface area contributed by atoms with Crippen LogP contribution in [0.2, 0.25) is 5.02 Å². The van der Waals surface area contributed by atoms with Crippen molar-refractivity contribution in [3.05, 3.63) is 28.5 Å². The molecule has 1 aromatic rings. The minimum absolute atomic E-state index is 0.241. The second kappa shape index (κ2) is 5.23. The molecule has 1 amide bonds. The Labute approximate surface area is 127 Å². The molecule has 0 atom stereocenters. The summed E-state index contributed by atoms with van der Waals surface area (Å²) in [4.78, 5) is 11.8. The molecule has 0 unspecified atom stereocenters. The second-order valence-corrected chi connectivity index (χ2v) is 7.70. The summed E-state index contributed by atoms with van der Waals surface area (Å²) in [5.74, 6) is -1.27. The number of primary sulfonamides is 1. The van der Waals surface area contributed by atoms with Crippen molar-refractivity contribution in [3.8, 4) is 0 Å². The van der Waals surface area contributed by atoms with Crippen molar-refractivity contribution in [3.63, 3.8) is 0 Å². The van der Waals surface area contributed by atoms with Crippen molar-refractivity contribution in [1.29, 1.82) is 0 Å². The van der Waals surface area contributed by atoms with Crippen LogP contribution in [0.25, 0.3) is 0 Å². The Morgan fingerprint density at radius 2 is 2.00 bits per heavy atom. The lowest BCUT2D eigenvalue weighted by Crippen LogP contribution is -2.45. The number of carbonyl (C=O) groups excluding carboxylic acids is 1. The third-order valence-electron chi connectivity index (χ3n) is 3.61. The zero-order chi connectivity index (χ0) is 16.0. The third kappa shape index (κ3) is 3.53. The van der Waals surface area contributed by atoms with Gasteiger partial charge in [0.15, 0.2) is 0 Å². The van der Waals surface area contributed by atoms with Crippen LogP contribution in [0.4, 0.5) is 4.39 Å². The number of nitrogens with two attached hydrogens (primary N) is 1. The summed E-state index contributed by atoms with van der Waals surface area (Å²) in [6, 6.07) is 1.68. The quantitative estimate of drug-likeness (QED) is 0.883. The predicted molar refractivity (Wildman–Crippen MR) is 77.1 cm³/mol. The summed E-state index contributed by atoms with van der Waals surface area (Å²) in [6.07, 6.45) is 2.01. The van der Waals surface area contributed by atoms with Crippen molar-refractivity contribution in [2.24, 2.45) is 11.1 Å². The summed E-state index contributed by atoms with van der Waals surface area (Å²) in [5.41, 5.74) is -0.705. The highest BCUT2D eigenvalue weighted by Crippen LogP contribution is 2.39. The molecular formula is C13H16ClFN2O3S. The van der Waals surface area contributed by atoms with Gasteiger partial charge < -0.3 is 5.32 Å². The van der Waals surface area contributed by atoms with E-state index in [1.807, 2.05) is 13.8 Å². The molecule has 8 heteroatoms. The number of rotatable bonds is 4. The van der Waals surface area contributed by atoms with Crippen molar-refractivity contribution in [1.82, 2.24) is 5.32 Å². The largest absolute Gasteiger partial charge is 0.347 e. The molecule has 1 fully saturated rings. The van der Waals surface area contributed by atoms with E-state index < -0.39 is 37.2 Å². The molecular weight excluding hydrogens is 319 g/mol. The summed E-state index contributed by atoms with van der Waals surface area (Å²) < 4.78 is 36.3. The van der Waals surface area contributed by atoms with Gasteiger partial charge >= 0.3 is 0 Å². The average molecular weight is 335 g/mol. The Morgan fingerprint density at radius 1 is 1.43 bits per heavy atom. The molecule has 1 aliphatic carbocycles. The molecule has 116 valence electrons. The Hall–Kier alpha value is -1.18. The Bertz CT molecular complexity index is 700. The van der Waals surface area contributed by atoms with Crippen LogP contribution in [0.1, 0.15) is 37.0 Å². The molecule has 0 bridgehead atoms. The van der Waals surface area contributed by atoms with E-state index in [-0.39, 0.29) is 5.56 Å². The zero-order valence-electron chi connectivity index (χ0n) is 11.6. The van der Waals surface area contributed by atoms with Gasteiger partial charge in [-0.2, -0.15) is 0 Å². The monoisotopic (exact) mass is 334 g/mol. The molecule has 1 aromatic carbocycles. The van der Waals surface area contributed by atoms with E-state index in [0.717, 1.165) is 18.9 Å². The molecule has 1 saturated carbocycles. The SMILES string of the molecule is CC(C)(NC(=O)c1cc(S(N)(=O)=O)cc(F)c1Cl)C1CC1. The molecule has 0 aromatic heterocycles. The summed E-state index contributed by atoms with van der Waals surface area (Å²) in [6.45, 7) is 3.71. The van der Waals surface area contributed by atoms with Gasteiger partial charge in [-0.25, -0.2) is 17.9 Å². The molecule has 21 heavy (non-hydrogen) atoms. The third-order valence-corrected chi connectivity index (χ3v) is 4.89. The van der Waals surface area contributed by atoms with Crippen LogP contribution in [0.15, 0.2) is 17.0 Å². The summed E-state index contributed by atoms with van der Waals surface area (Å²) in [7, 11) is -4.12. The van der Waals surface area contributed by atoms with E-state index >= 15 is 0 Å². The highest BCUT2D eigenvalue weighted by Gasteiger charge is 2.39. The molecule has 0 radical (unpaired) electrons. The fourth-order valence-electron chi connectivity index (χ4n) is 2.16. The zero-order valence-corrected chi connectivity index (χ0v) is 13.2. The van der Waals surface area contributed by atoms with Crippen molar-refractivity contribution >= 4 is 27.5 Å². The van der Waals surface area contributed by atoms with E-state index in [9.17, 15) is 17.6 Å². The van der Waals surface area contributed by atoms with Gasteiger partial charge in [-0.3, -0.25) is 4.79 Å². The maximum absolute atomic E-state index is 13.7. The van der Waals surface area contributed by atoms with Crippen LogP contribution in [0, 0.1) is 11.7 Å². The predicted octanol–water partition coefficient (Wildman–Crippen LogP) is 2.04. The number of benzene rings is 1. The maximum atomic E-state index is 13.7. The van der Waals surface area contributed by atoms with Crippen molar-refractivity contribution in [2.75, 3.05) is 0 Å². The first-order chi connectivity index (χ1) is 9.52. The minimum atomic E-state index is -4.12. The first-order valence-corrected chi connectivity index (χ1v) is 8.29. The Kier molecular flexibility index (Phi) is 4.03. The molecule has 2 rings (SSSR count). The lowest BCUT2D eigenvalue weighted by molar-refractivity contribution is 0.0903. The van der Waals surface area contributed by atoms with Crippen LogP contribution in [-0.2, 0) is 10.0 Å². The van der Waals surface area contributed by atoms with Crippen molar-refractivity contribution in [2.45, 2.75) is 37.1 Å². The van der Waals surface area contributed by atoms with Gasteiger partial charge in [0.2, 0.25) is 10.0 Å². The van der Waals surface area contributed by atoms with Gasteiger partial charge in [0.05, 0.1) is 15.5 Å². The Morgan fingerprint density at radius 3 is 2.48 bits per heavy atom. The lowest BCUT2D eigenvalue weighted by atomic mass is 9.98. The lowest BCUT2D eigenvalue weighted by Gasteiger charge is -2.26. The minimum Gasteiger partial charge on any atom is -0.347 e. The van der Waals surface area contributed by atoms with Crippen LogP contribution in [0.5, 0.6) is 0 Å². The van der Waals surface area contributed by atoms with E-state index in [1.165, 1.54) is 0 Å². The molecule has 3 N–H and O–H groups in total. The first-order valence-electron chi connectivity index (χ1n) is 6.37. The van der Waals surface area contributed by atoms with Gasteiger partial charge in [0, 0.05) is 5.54 Å². The number of sulfonamides is 1. The number of hydrogen-bond acceptors (Lipinski definition) is 3. The fraction of sp³-hybridized carbons (Fsp3) is 0.462. The van der Waals surface area contributed by atoms with E-state index in [4.69, 9.17) is 16.7 Å². The van der Waals surface area contributed by atoms with Crippen LogP contribution < -0.4 is 10.5 Å². The molecule has 1 aliphatic rings.